The van der Waals surface area contributed by atoms with Crippen LogP contribution in [0.5, 0.6) is 0 Å². The Morgan fingerprint density at radius 2 is 2.14 bits per heavy atom. The molecule has 2 nitrogen and oxygen atoms in total. The first-order valence-electron chi connectivity index (χ1n) is 7.95. The van der Waals surface area contributed by atoms with E-state index in [-0.39, 0.29) is 0 Å². The maximum atomic E-state index is 3.45. The number of nitrogens with zero attached hydrogens (tertiary/aromatic N) is 1. The van der Waals surface area contributed by atoms with Crippen LogP contribution in [0.4, 0.5) is 5.69 Å². The summed E-state index contributed by atoms with van der Waals surface area (Å²) in [7, 11) is 0. The molecule has 1 N–H and O–H groups in total. The minimum absolute atomic E-state index is 1.08. The first kappa shape index (κ1) is 12.6. The zero-order valence-corrected chi connectivity index (χ0v) is 12.5. The summed E-state index contributed by atoms with van der Waals surface area (Å²) >= 11 is 0. The van der Waals surface area contributed by atoms with E-state index >= 15 is 0 Å². The lowest BCUT2D eigenvalue weighted by Gasteiger charge is -2.10. The average Bonchev–Trinajstić information content (AvgIpc) is 3.15. The Kier molecular flexibility index (Phi) is 3.03. The predicted octanol–water partition coefficient (Wildman–Crippen LogP) is 3.67. The van der Waals surface area contributed by atoms with Gasteiger partial charge in [0, 0.05) is 36.4 Å². The molecule has 0 saturated heterocycles. The first-order chi connectivity index (χ1) is 10.4. The highest BCUT2D eigenvalue weighted by atomic mass is 15.0. The Balaban J connectivity index is 1.84. The number of nitrogens with one attached hydrogen (secondary N) is 1. The smallest absolute Gasteiger partial charge is 0.208 e. The largest absolute Gasteiger partial charge is 0.384 e. The number of benzene rings is 1. The number of aryl methyl sites for hydroxylation is 1. The molecule has 0 atom stereocenters. The second-order valence-electron chi connectivity index (χ2n) is 5.89. The van der Waals surface area contributed by atoms with Gasteiger partial charge in [-0.2, -0.15) is 4.57 Å². The molecule has 0 saturated carbocycles. The number of anilines is 1. The van der Waals surface area contributed by atoms with E-state index in [2.05, 4.69) is 59.4 Å². The van der Waals surface area contributed by atoms with E-state index < -0.39 is 0 Å². The molecule has 2 aliphatic heterocycles. The number of aromatic nitrogens is 1. The molecule has 0 unspecified atom stereocenters. The maximum absolute atomic E-state index is 3.45. The van der Waals surface area contributed by atoms with Gasteiger partial charge in [-0.1, -0.05) is 13.0 Å². The van der Waals surface area contributed by atoms with Crippen molar-refractivity contribution in [1.29, 1.82) is 0 Å². The van der Waals surface area contributed by atoms with Crippen molar-refractivity contribution >= 4 is 16.8 Å². The number of hydrogen-bond donors (Lipinski definition) is 1. The Morgan fingerprint density at radius 1 is 1.19 bits per heavy atom. The van der Waals surface area contributed by atoms with Crippen LogP contribution in [-0.2, 0) is 13.0 Å². The van der Waals surface area contributed by atoms with Crippen molar-refractivity contribution in [3.05, 3.63) is 59.4 Å². The predicted molar refractivity (Wildman–Crippen MR) is 87.0 cm³/mol. The Bertz CT molecular complexity index is 728. The van der Waals surface area contributed by atoms with E-state index in [1.807, 2.05) is 0 Å². The molecule has 1 aromatic carbocycles. The molecular weight excluding hydrogens is 256 g/mol. The van der Waals surface area contributed by atoms with Crippen molar-refractivity contribution in [1.82, 2.24) is 0 Å². The monoisotopic (exact) mass is 277 g/mol. The van der Waals surface area contributed by atoms with Crippen molar-refractivity contribution in [3.8, 4) is 0 Å². The summed E-state index contributed by atoms with van der Waals surface area (Å²) in [5, 5.41) is 3.45. The second-order valence-corrected chi connectivity index (χ2v) is 5.89. The zero-order valence-electron chi connectivity index (χ0n) is 12.5. The molecule has 2 heteroatoms. The highest BCUT2D eigenvalue weighted by Gasteiger charge is 2.26. The molecule has 2 aromatic rings. The summed E-state index contributed by atoms with van der Waals surface area (Å²) < 4.78 is 2.37. The van der Waals surface area contributed by atoms with Gasteiger partial charge in [-0.3, -0.25) is 0 Å². The lowest BCUT2D eigenvalue weighted by Crippen LogP contribution is -2.31. The summed E-state index contributed by atoms with van der Waals surface area (Å²) in [5.74, 6) is 0. The summed E-state index contributed by atoms with van der Waals surface area (Å²) in [4.78, 5) is 0. The molecule has 21 heavy (non-hydrogen) atoms. The summed E-state index contributed by atoms with van der Waals surface area (Å²) in [6, 6.07) is 13.5. The van der Waals surface area contributed by atoms with Crippen LogP contribution in [0.15, 0.2) is 42.6 Å². The van der Waals surface area contributed by atoms with Crippen molar-refractivity contribution in [2.45, 2.75) is 32.7 Å². The quantitative estimate of drug-likeness (QED) is 0.828. The molecule has 0 bridgehead atoms. The van der Waals surface area contributed by atoms with Crippen LogP contribution in [0, 0.1) is 0 Å². The second kappa shape index (κ2) is 5.03. The van der Waals surface area contributed by atoms with E-state index in [1.54, 1.807) is 0 Å². The van der Waals surface area contributed by atoms with Gasteiger partial charge in [0.15, 0.2) is 12.7 Å². The maximum Gasteiger partial charge on any atom is 0.208 e. The van der Waals surface area contributed by atoms with E-state index in [9.17, 15) is 0 Å². The SMILES string of the molecule is CCC(=C1CC[n+]2ccccc21)c1ccc2c(c1)CCN2. The standard InChI is InChI=1S/C19H20N2/c1-2-16(14-6-7-18-15(13-14)8-10-20-18)17-9-12-21-11-4-3-5-19(17)21/h3-7,11,13H,2,8-10,12H2,1H3/p+1. The number of fused-ring (bicyclic) bond motifs is 2. The fourth-order valence-corrected chi connectivity index (χ4v) is 3.70. The Labute approximate surface area is 126 Å². The first-order valence-corrected chi connectivity index (χ1v) is 7.95. The fourth-order valence-electron chi connectivity index (χ4n) is 3.70. The van der Waals surface area contributed by atoms with E-state index in [4.69, 9.17) is 0 Å². The van der Waals surface area contributed by atoms with Crippen molar-refractivity contribution < 1.29 is 4.57 Å². The number of allylic oxidation sites excluding steroid dienone is 2. The van der Waals surface area contributed by atoms with Gasteiger partial charge in [-0.25, -0.2) is 0 Å². The fraction of sp³-hybridized carbons (Fsp3) is 0.316. The van der Waals surface area contributed by atoms with Crippen LogP contribution >= 0.6 is 0 Å². The molecule has 0 spiro atoms. The molecule has 4 rings (SSSR count). The van der Waals surface area contributed by atoms with Crippen LogP contribution in [-0.4, -0.2) is 6.54 Å². The Hall–Kier alpha value is -2.09. The zero-order chi connectivity index (χ0) is 14.2. The van der Waals surface area contributed by atoms with Crippen LogP contribution < -0.4 is 9.88 Å². The molecule has 3 heterocycles. The van der Waals surface area contributed by atoms with Crippen LogP contribution in [0.25, 0.3) is 11.1 Å². The van der Waals surface area contributed by atoms with Gasteiger partial charge in [-0.15, -0.1) is 0 Å². The molecule has 0 amide bonds. The van der Waals surface area contributed by atoms with Gasteiger partial charge in [0.1, 0.15) is 0 Å². The highest BCUT2D eigenvalue weighted by molar-refractivity contribution is 5.90. The molecule has 106 valence electrons. The minimum Gasteiger partial charge on any atom is -0.384 e. The number of hydrogen-bond acceptors (Lipinski definition) is 1. The average molecular weight is 277 g/mol. The van der Waals surface area contributed by atoms with Crippen LogP contribution in [0.2, 0.25) is 0 Å². The van der Waals surface area contributed by atoms with Crippen molar-refractivity contribution in [2.75, 3.05) is 11.9 Å². The number of pyridine rings is 1. The molecule has 2 aliphatic rings. The Morgan fingerprint density at radius 3 is 3.05 bits per heavy atom. The van der Waals surface area contributed by atoms with Gasteiger partial charge in [0.25, 0.3) is 0 Å². The lowest BCUT2D eigenvalue weighted by atomic mass is 9.93. The van der Waals surface area contributed by atoms with Crippen molar-refractivity contribution in [3.63, 3.8) is 0 Å². The van der Waals surface area contributed by atoms with Gasteiger partial charge in [-0.05, 0) is 47.7 Å². The lowest BCUT2D eigenvalue weighted by molar-refractivity contribution is -0.689. The molecule has 0 radical (unpaired) electrons. The minimum atomic E-state index is 1.08. The highest BCUT2D eigenvalue weighted by Crippen LogP contribution is 2.35. The third-order valence-electron chi connectivity index (χ3n) is 4.73. The third-order valence-corrected chi connectivity index (χ3v) is 4.73. The van der Waals surface area contributed by atoms with Crippen LogP contribution in [0.3, 0.4) is 0 Å². The summed E-state index contributed by atoms with van der Waals surface area (Å²) in [6.45, 7) is 4.47. The molecule has 0 fully saturated rings. The molecular formula is C19H21N2+. The summed E-state index contributed by atoms with van der Waals surface area (Å²) in [6.07, 6.45) is 5.60. The van der Waals surface area contributed by atoms with E-state index in [1.165, 1.54) is 33.7 Å². The number of rotatable bonds is 2. The van der Waals surface area contributed by atoms with Crippen molar-refractivity contribution in [2.24, 2.45) is 0 Å². The summed E-state index contributed by atoms with van der Waals surface area (Å²) in [5.41, 5.74) is 8.64. The van der Waals surface area contributed by atoms with Gasteiger partial charge >= 0.3 is 0 Å². The third kappa shape index (κ3) is 2.06. The van der Waals surface area contributed by atoms with E-state index in [0.717, 1.165) is 32.4 Å². The van der Waals surface area contributed by atoms with Gasteiger partial charge in [0.2, 0.25) is 5.69 Å². The van der Waals surface area contributed by atoms with Gasteiger partial charge in [0.05, 0.1) is 0 Å². The molecule has 0 aliphatic carbocycles. The molecule has 1 aromatic heterocycles. The normalized spacial score (nSPS) is 18.1. The van der Waals surface area contributed by atoms with Gasteiger partial charge < -0.3 is 5.32 Å². The van der Waals surface area contributed by atoms with E-state index in [0.29, 0.717) is 0 Å². The van der Waals surface area contributed by atoms with Crippen LogP contribution in [0.1, 0.15) is 36.6 Å². The topological polar surface area (TPSA) is 15.9 Å².